The van der Waals surface area contributed by atoms with Crippen molar-refractivity contribution in [3.63, 3.8) is 0 Å². The predicted molar refractivity (Wildman–Crippen MR) is 83.8 cm³/mol. The van der Waals surface area contributed by atoms with Crippen LogP contribution in [0.1, 0.15) is 10.4 Å². The first-order chi connectivity index (χ1) is 11.5. The second-order valence-electron chi connectivity index (χ2n) is 6.27. The molecule has 3 amide bonds. The smallest absolute Gasteiger partial charge is 0.317 e. The number of hydrogen-bond donors (Lipinski definition) is 2. The molecule has 7 nitrogen and oxygen atoms in total. The number of nitrogens with one attached hydrogen (secondary N) is 2. The minimum atomic E-state index is -0.374. The molecule has 2 aliphatic heterocycles. The van der Waals surface area contributed by atoms with Crippen molar-refractivity contribution in [3.8, 4) is 11.3 Å². The van der Waals surface area contributed by atoms with Gasteiger partial charge >= 0.3 is 6.03 Å². The Labute approximate surface area is 137 Å². The SMILES string of the molecule is CN1C(=O)NCC12CN(C(=O)c1cn[nH]c1-c1cccc(F)c1)C2. The Morgan fingerprint density at radius 2 is 2.17 bits per heavy atom. The van der Waals surface area contributed by atoms with Crippen LogP contribution in [0.25, 0.3) is 11.3 Å². The van der Waals surface area contributed by atoms with Crippen LogP contribution in [0.2, 0.25) is 0 Å². The van der Waals surface area contributed by atoms with E-state index in [2.05, 4.69) is 15.5 Å². The van der Waals surface area contributed by atoms with Gasteiger partial charge in [-0.3, -0.25) is 9.89 Å². The third-order valence-electron chi connectivity index (χ3n) is 4.83. The average molecular weight is 329 g/mol. The molecule has 8 heteroatoms. The average Bonchev–Trinajstić information content (AvgIpc) is 3.12. The van der Waals surface area contributed by atoms with Gasteiger partial charge in [-0.2, -0.15) is 5.10 Å². The van der Waals surface area contributed by atoms with Crippen LogP contribution in [0.5, 0.6) is 0 Å². The molecular formula is C16H16FN5O2. The van der Waals surface area contributed by atoms with Crippen molar-refractivity contribution in [2.24, 2.45) is 0 Å². The van der Waals surface area contributed by atoms with E-state index in [-0.39, 0.29) is 23.3 Å². The van der Waals surface area contributed by atoms with Gasteiger partial charge in [0.05, 0.1) is 23.0 Å². The van der Waals surface area contributed by atoms with E-state index in [1.165, 1.54) is 18.3 Å². The molecule has 2 aliphatic rings. The number of urea groups is 1. The van der Waals surface area contributed by atoms with Gasteiger partial charge < -0.3 is 15.1 Å². The van der Waals surface area contributed by atoms with Crippen LogP contribution < -0.4 is 5.32 Å². The largest absolute Gasteiger partial charge is 0.335 e. The molecule has 0 aliphatic carbocycles. The first-order valence-electron chi connectivity index (χ1n) is 7.60. The van der Waals surface area contributed by atoms with E-state index < -0.39 is 0 Å². The topological polar surface area (TPSA) is 81.3 Å². The monoisotopic (exact) mass is 329 g/mol. The van der Waals surface area contributed by atoms with E-state index in [0.717, 1.165) is 0 Å². The van der Waals surface area contributed by atoms with Crippen molar-refractivity contribution in [1.82, 2.24) is 25.3 Å². The lowest BCUT2D eigenvalue weighted by Crippen LogP contribution is -2.70. The van der Waals surface area contributed by atoms with Crippen LogP contribution >= 0.6 is 0 Å². The molecule has 0 bridgehead atoms. The molecule has 1 aromatic heterocycles. The number of amides is 3. The van der Waals surface area contributed by atoms with Gasteiger partial charge in [0.15, 0.2) is 0 Å². The van der Waals surface area contributed by atoms with E-state index in [0.29, 0.717) is 36.5 Å². The van der Waals surface area contributed by atoms with Crippen molar-refractivity contribution >= 4 is 11.9 Å². The molecule has 1 spiro atoms. The summed E-state index contributed by atoms with van der Waals surface area (Å²) in [4.78, 5) is 27.7. The van der Waals surface area contributed by atoms with Gasteiger partial charge in [0, 0.05) is 32.2 Å². The molecular weight excluding hydrogens is 313 g/mol. The van der Waals surface area contributed by atoms with E-state index in [4.69, 9.17) is 0 Å². The zero-order chi connectivity index (χ0) is 16.9. The molecule has 0 saturated carbocycles. The second-order valence-corrected chi connectivity index (χ2v) is 6.27. The van der Waals surface area contributed by atoms with E-state index in [1.807, 2.05) is 0 Å². The van der Waals surface area contributed by atoms with Crippen LogP contribution in [0.3, 0.4) is 0 Å². The normalized spacial score (nSPS) is 18.7. The number of halogens is 1. The summed E-state index contributed by atoms with van der Waals surface area (Å²) in [6.45, 7) is 1.47. The van der Waals surface area contributed by atoms with Crippen molar-refractivity contribution < 1.29 is 14.0 Å². The third-order valence-corrected chi connectivity index (χ3v) is 4.83. The van der Waals surface area contributed by atoms with Crippen molar-refractivity contribution in [3.05, 3.63) is 41.8 Å². The van der Waals surface area contributed by atoms with Gasteiger partial charge in [0.2, 0.25) is 0 Å². The van der Waals surface area contributed by atoms with Gasteiger partial charge in [-0.1, -0.05) is 12.1 Å². The Kier molecular flexibility index (Phi) is 3.09. The van der Waals surface area contributed by atoms with Crippen molar-refractivity contribution in [2.45, 2.75) is 5.54 Å². The molecule has 3 heterocycles. The van der Waals surface area contributed by atoms with Crippen LogP contribution in [0.15, 0.2) is 30.5 Å². The number of benzene rings is 1. The minimum absolute atomic E-state index is 0.120. The molecule has 2 N–H and O–H groups in total. The Morgan fingerprint density at radius 1 is 1.38 bits per heavy atom. The molecule has 0 radical (unpaired) electrons. The van der Waals surface area contributed by atoms with Crippen molar-refractivity contribution in [1.29, 1.82) is 0 Å². The number of H-pyrrole nitrogens is 1. The fourth-order valence-corrected chi connectivity index (χ4v) is 3.31. The number of aromatic nitrogens is 2. The molecule has 0 atom stereocenters. The van der Waals surface area contributed by atoms with Crippen LogP contribution in [0, 0.1) is 5.82 Å². The Hall–Kier alpha value is -2.90. The van der Waals surface area contributed by atoms with E-state index >= 15 is 0 Å². The summed E-state index contributed by atoms with van der Waals surface area (Å²) in [5.41, 5.74) is 1.14. The zero-order valence-electron chi connectivity index (χ0n) is 13.0. The summed E-state index contributed by atoms with van der Waals surface area (Å²) in [7, 11) is 1.74. The van der Waals surface area contributed by atoms with Crippen LogP contribution in [-0.2, 0) is 0 Å². The fraction of sp³-hybridized carbons (Fsp3) is 0.312. The summed E-state index contributed by atoms with van der Waals surface area (Å²) in [6.07, 6.45) is 1.45. The van der Waals surface area contributed by atoms with Gasteiger partial charge in [0.1, 0.15) is 5.82 Å². The predicted octanol–water partition coefficient (Wildman–Crippen LogP) is 1.07. The van der Waals surface area contributed by atoms with Gasteiger partial charge in [-0.25, -0.2) is 9.18 Å². The molecule has 1 aromatic carbocycles. The van der Waals surface area contributed by atoms with E-state index in [9.17, 15) is 14.0 Å². The highest BCUT2D eigenvalue weighted by Gasteiger charge is 2.53. The quantitative estimate of drug-likeness (QED) is 0.865. The number of rotatable bonds is 2. The highest BCUT2D eigenvalue weighted by atomic mass is 19.1. The fourth-order valence-electron chi connectivity index (χ4n) is 3.31. The first kappa shape index (κ1) is 14.7. The van der Waals surface area contributed by atoms with Gasteiger partial charge in [0.25, 0.3) is 5.91 Å². The van der Waals surface area contributed by atoms with Crippen molar-refractivity contribution in [2.75, 3.05) is 26.7 Å². The lowest BCUT2D eigenvalue weighted by atomic mass is 9.88. The first-order valence-corrected chi connectivity index (χ1v) is 7.60. The van der Waals surface area contributed by atoms with Gasteiger partial charge in [-0.15, -0.1) is 0 Å². The molecule has 24 heavy (non-hydrogen) atoms. The lowest BCUT2D eigenvalue weighted by Gasteiger charge is -2.50. The third kappa shape index (κ3) is 2.06. The van der Waals surface area contributed by atoms with E-state index in [1.54, 1.807) is 29.0 Å². The summed E-state index contributed by atoms with van der Waals surface area (Å²) < 4.78 is 13.4. The molecule has 124 valence electrons. The molecule has 2 fully saturated rings. The molecule has 0 unspecified atom stereocenters. The lowest BCUT2D eigenvalue weighted by molar-refractivity contribution is 0.00783. The number of carbonyl (C=O) groups excluding carboxylic acids is 2. The maximum absolute atomic E-state index is 13.4. The molecule has 2 aromatic rings. The Balaban J connectivity index is 1.55. The maximum atomic E-state index is 13.4. The summed E-state index contributed by atoms with van der Waals surface area (Å²) in [6, 6.07) is 5.89. The van der Waals surface area contributed by atoms with Crippen LogP contribution in [0.4, 0.5) is 9.18 Å². The van der Waals surface area contributed by atoms with Crippen LogP contribution in [-0.4, -0.2) is 64.2 Å². The number of nitrogens with zero attached hydrogens (tertiary/aromatic N) is 3. The second kappa shape index (κ2) is 5.05. The Bertz CT molecular complexity index is 827. The summed E-state index contributed by atoms with van der Waals surface area (Å²) in [5, 5.41) is 9.49. The number of likely N-dealkylation sites (tertiary alicyclic amines) is 1. The standard InChI is InChI=1S/C16H16FN5O2/c1-21-15(24)18-7-16(21)8-22(9-16)14(23)12-6-19-20-13(12)10-3-2-4-11(17)5-10/h2-6H,7-9H2,1H3,(H,18,24)(H,19,20). The summed E-state index contributed by atoms with van der Waals surface area (Å²) >= 11 is 0. The molecule has 2 saturated heterocycles. The number of likely N-dealkylation sites (N-methyl/N-ethyl adjacent to an activating group) is 1. The zero-order valence-corrected chi connectivity index (χ0v) is 13.0. The highest BCUT2D eigenvalue weighted by molar-refractivity contribution is 6.00. The number of hydrogen-bond acceptors (Lipinski definition) is 3. The number of aromatic amines is 1. The minimum Gasteiger partial charge on any atom is -0.335 e. The summed E-state index contributed by atoms with van der Waals surface area (Å²) in [5.74, 6) is -0.554. The Morgan fingerprint density at radius 3 is 2.83 bits per heavy atom. The number of carbonyl (C=O) groups is 2. The maximum Gasteiger partial charge on any atom is 0.317 e. The molecule has 4 rings (SSSR count). The highest BCUT2D eigenvalue weighted by Crippen LogP contribution is 2.32. The van der Waals surface area contributed by atoms with Gasteiger partial charge in [-0.05, 0) is 12.1 Å².